The van der Waals surface area contributed by atoms with Crippen LogP contribution in [0.2, 0.25) is 0 Å². The van der Waals surface area contributed by atoms with Crippen LogP contribution in [0, 0.1) is 5.82 Å². The highest BCUT2D eigenvalue weighted by Gasteiger charge is 2.29. The van der Waals surface area contributed by atoms with Crippen molar-refractivity contribution in [3.8, 4) is 5.75 Å². The van der Waals surface area contributed by atoms with Crippen LogP contribution in [-0.4, -0.2) is 30.6 Å². The van der Waals surface area contributed by atoms with Crippen LogP contribution in [0.25, 0.3) is 0 Å². The molecule has 1 aliphatic rings. The minimum absolute atomic E-state index is 0.107. The summed E-state index contributed by atoms with van der Waals surface area (Å²) >= 11 is 0. The minimum Gasteiger partial charge on any atom is -0.487 e. The molecular formula is C16H24FNO. The van der Waals surface area contributed by atoms with Gasteiger partial charge in [-0.25, -0.2) is 4.39 Å². The smallest absolute Gasteiger partial charge is 0.124 e. The van der Waals surface area contributed by atoms with Gasteiger partial charge in [-0.15, -0.1) is 0 Å². The first kappa shape index (κ1) is 14.3. The van der Waals surface area contributed by atoms with Gasteiger partial charge in [-0.2, -0.15) is 0 Å². The van der Waals surface area contributed by atoms with Crippen molar-refractivity contribution in [2.75, 3.05) is 19.6 Å². The fourth-order valence-electron chi connectivity index (χ4n) is 2.47. The number of nitrogens with zero attached hydrogens (tertiary/aromatic N) is 1. The maximum Gasteiger partial charge on any atom is 0.124 e. The predicted molar refractivity (Wildman–Crippen MR) is 76.2 cm³/mol. The molecule has 0 amide bonds. The van der Waals surface area contributed by atoms with E-state index >= 15 is 0 Å². The van der Waals surface area contributed by atoms with Gasteiger partial charge in [0.1, 0.15) is 17.7 Å². The van der Waals surface area contributed by atoms with Gasteiger partial charge in [0.15, 0.2) is 0 Å². The summed E-state index contributed by atoms with van der Waals surface area (Å²) in [6, 6.07) is 4.84. The van der Waals surface area contributed by atoms with E-state index in [1.807, 2.05) is 0 Å². The number of likely N-dealkylation sites (tertiary alicyclic amines) is 1. The van der Waals surface area contributed by atoms with Crippen molar-refractivity contribution in [1.82, 2.24) is 4.90 Å². The summed E-state index contributed by atoms with van der Waals surface area (Å²) in [5, 5.41) is 0. The summed E-state index contributed by atoms with van der Waals surface area (Å²) in [5.41, 5.74) is 0.839. The summed E-state index contributed by atoms with van der Waals surface area (Å²) in [6.45, 7) is 11.5. The lowest BCUT2D eigenvalue weighted by Gasteiger charge is -2.39. The van der Waals surface area contributed by atoms with E-state index in [2.05, 4.69) is 32.6 Å². The number of rotatable bonds is 4. The van der Waals surface area contributed by atoms with Gasteiger partial charge in [0.05, 0.1) is 0 Å². The number of ether oxygens (including phenoxy) is 1. The molecule has 0 bridgehead atoms. The lowest BCUT2D eigenvalue weighted by molar-refractivity contribution is 0.0191. The normalized spacial score (nSPS) is 17.3. The Morgan fingerprint density at radius 1 is 1.32 bits per heavy atom. The fraction of sp³-hybridized carbons (Fsp3) is 0.625. The van der Waals surface area contributed by atoms with Crippen molar-refractivity contribution in [3.63, 3.8) is 0 Å². The zero-order valence-corrected chi connectivity index (χ0v) is 12.4. The molecule has 0 saturated carbocycles. The molecule has 1 aromatic carbocycles. The van der Waals surface area contributed by atoms with E-state index in [-0.39, 0.29) is 17.3 Å². The average molecular weight is 265 g/mol. The molecule has 2 rings (SSSR count). The second kappa shape index (κ2) is 5.49. The van der Waals surface area contributed by atoms with Gasteiger partial charge in [-0.1, -0.05) is 27.7 Å². The van der Waals surface area contributed by atoms with Gasteiger partial charge in [0.25, 0.3) is 0 Å². The third kappa shape index (κ3) is 3.47. The van der Waals surface area contributed by atoms with E-state index < -0.39 is 0 Å². The summed E-state index contributed by atoms with van der Waals surface area (Å²) in [7, 11) is 0. The minimum atomic E-state index is -0.196. The topological polar surface area (TPSA) is 12.5 Å². The largest absolute Gasteiger partial charge is 0.487 e. The first-order valence-corrected chi connectivity index (χ1v) is 7.09. The van der Waals surface area contributed by atoms with Crippen LogP contribution in [0.3, 0.4) is 0 Å². The van der Waals surface area contributed by atoms with Crippen LogP contribution >= 0.6 is 0 Å². The molecular weight excluding hydrogens is 241 g/mol. The Morgan fingerprint density at radius 2 is 2.00 bits per heavy atom. The molecule has 0 radical (unpaired) electrons. The summed E-state index contributed by atoms with van der Waals surface area (Å²) < 4.78 is 19.4. The number of halogens is 1. The number of hydrogen-bond donors (Lipinski definition) is 0. The average Bonchev–Trinajstić information content (AvgIpc) is 2.27. The highest BCUT2D eigenvalue weighted by Crippen LogP contribution is 2.33. The second-order valence-electron chi connectivity index (χ2n) is 6.39. The summed E-state index contributed by atoms with van der Waals surface area (Å²) in [4.78, 5) is 2.38. The summed E-state index contributed by atoms with van der Waals surface area (Å²) in [6.07, 6.45) is 1.43. The van der Waals surface area contributed by atoms with Crippen LogP contribution < -0.4 is 4.74 Å². The molecule has 1 heterocycles. The second-order valence-corrected chi connectivity index (χ2v) is 6.39. The predicted octanol–water partition coefficient (Wildman–Crippen LogP) is 3.60. The first-order chi connectivity index (χ1) is 8.90. The molecule has 0 atom stereocenters. The van der Waals surface area contributed by atoms with Crippen molar-refractivity contribution < 1.29 is 9.13 Å². The highest BCUT2D eigenvalue weighted by molar-refractivity contribution is 5.39. The molecule has 0 spiro atoms. The maximum absolute atomic E-state index is 13.4. The molecule has 1 fully saturated rings. The van der Waals surface area contributed by atoms with Gasteiger partial charge >= 0.3 is 0 Å². The van der Waals surface area contributed by atoms with Crippen LogP contribution in [0.4, 0.5) is 4.39 Å². The number of hydrogen-bond acceptors (Lipinski definition) is 2. The fourth-order valence-corrected chi connectivity index (χ4v) is 2.47. The molecule has 0 N–H and O–H groups in total. The first-order valence-electron chi connectivity index (χ1n) is 7.09. The molecule has 2 nitrogen and oxygen atoms in total. The van der Waals surface area contributed by atoms with E-state index in [0.29, 0.717) is 0 Å². The van der Waals surface area contributed by atoms with Crippen molar-refractivity contribution in [1.29, 1.82) is 0 Å². The molecule has 1 aromatic rings. The Labute approximate surface area is 115 Å². The Morgan fingerprint density at radius 3 is 2.58 bits per heavy atom. The Balaban J connectivity index is 2.05. The van der Waals surface area contributed by atoms with Gasteiger partial charge in [0, 0.05) is 18.7 Å². The van der Waals surface area contributed by atoms with Crippen molar-refractivity contribution in [2.45, 2.75) is 45.6 Å². The lowest BCUT2D eigenvalue weighted by Crippen LogP contribution is -2.53. The van der Waals surface area contributed by atoms with Crippen LogP contribution in [-0.2, 0) is 5.41 Å². The third-order valence-electron chi connectivity index (χ3n) is 3.51. The molecule has 1 saturated heterocycles. The van der Waals surface area contributed by atoms with Crippen LogP contribution in [0.5, 0.6) is 5.75 Å². The molecule has 0 aromatic heterocycles. The highest BCUT2D eigenvalue weighted by atomic mass is 19.1. The zero-order valence-electron chi connectivity index (χ0n) is 12.4. The monoisotopic (exact) mass is 265 g/mol. The molecule has 0 aliphatic carbocycles. The molecule has 0 unspecified atom stereocenters. The summed E-state index contributed by atoms with van der Waals surface area (Å²) in [5.74, 6) is 0.633. The Kier molecular flexibility index (Phi) is 4.14. The Hall–Kier alpha value is -1.09. The van der Waals surface area contributed by atoms with Crippen molar-refractivity contribution in [3.05, 3.63) is 29.6 Å². The van der Waals surface area contributed by atoms with Crippen molar-refractivity contribution >= 4 is 0 Å². The van der Waals surface area contributed by atoms with Gasteiger partial charge in [-0.3, -0.25) is 4.90 Å². The number of benzene rings is 1. The quantitative estimate of drug-likeness (QED) is 0.825. The lowest BCUT2D eigenvalue weighted by atomic mass is 9.86. The van der Waals surface area contributed by atoms with E-state index in [9.17, 15) is 4.39 Å². The molecule has 106 valence electrons. The van der Waals surface area contributed by atoms with Gasteiger partial charge in [0.2, 0.25) is 0 Å². The van der Waals surface area contributed by atoms with Gasteiger partial charge < -0.3 is 4.74 Å². The van der Waals surface area contributed by atoms with E-state index in [4.69, 9.17) is 4.74 Å². The van der Waals surface area contributed by atoms with Crippen LogP contribution in [0.15, 0.2) is 18.2 Å². The zero-order chi connectivity index (χ0) is 14.0. The third-order valence-corrected chi connectivity index (χ3v) is 3.51. The molecule has 1 aliphatic heterocycles. The molecule has 3 heteroatoms. The van der Waals surface area contributed by atoms with E-state index in [1.54, 1.807) is 12.1 Å². The van der Waals surface area contributed by atoms with Crippen molar-refractivity contribution in [2.24, 2.45) is 0 Å². The van der Waals surface area contributed by atoms with Gasteiger partial charge in [-0.05, 0) is 36.6 Å². The SMILES string of the molecule is CCCN1CC(Oc2ccc(F)cc2C(C)(C)C)C1. The van der Waals surface area contributed by atoms with E-state index in [0.717, 1.165) is 30.9 Å². The van der Waals surface area contributed by atoms with Crippen LogP contribution in [0.1, 0.15) is 39.7 Å². The molecule has 19 heavy (non-hydrogen) atoms. The van der Waals surface area contributed by atoms with E-state index in [1.165, 1.54) is 12.5 Å². The maximum atomic E-state index is 13.4. The Bertz CT molecular complexity index is 433. The standard InChI is InChI=1S/C16H24FNO/c1-5-8-18-10-13(11-18)19-15-7-6-12(17)9-14(15)16(2,3)4/h6-7,9,13H,5,8,10-11H2,1-4H3.